The topological polar surface area (TPSA) is 62.2 Å². The Balaban J connectivity index is 2.42. The summed E-state index contributed by atoms with van der Waals surface area (Å²) in [6.07, 6.45) is 0.792. The quantitative estimate of drug-likeness (QED) is 0.894. The number of hydrogen-bond acceptors (Lipinski definition) is 3. The van der Waals surface area contributed by atoms with Gasteiger partial charge in [0.1, 0.15) is 11.6 Å². The van der Waals surface area contributed by atoms with Crippen LogP contribution in [0.4, 0.5) is 20.2 Å². The molecule has 0 bridgehead atoms. The van der Waals surface area contributed by atoms with E-state index in [1.807, 2.05) is 0 Å². The van der Waals surface area contributed by atoms with Crippen LogP contribution in [0, 0.1) is 18.6 Å². The Bertz CT molecular complexity index is 645. The lowest BCUT2D eigenvalue weighted by atomic mass is 10.2. The number of rotatable bonds is 3. The van der Waals surface area contributed by atoms with Crippen molar-refractivity contribution in [1.29, 1.82) is 0 Å². The van der Waals surface area contributed by atoms with Crippen molar-refractivity contribution < 1.29 is 18.7 Å². The molecule has 0 amide bonds. The summed E-state index contributed by atoms with van der Waals surface area (Å²) < 4.78 is 26.7. The molecule has 0 saturated heterocycles. The van der Waals surface area contributed by atoms with Crippen LogP contribution in [0.15, 0.2) is 30.5 Å². The highest BCUT2D eigenvalue weighted by atomic mass is 19.1. The molecule has 6 heteroatoms. The molecule has 0 radical (unpaired) electrons. The molecule has 2 N–H and O–H groups in total. The fourth-order valence-corrected chi connectivity index (χ4v) is 1.57. The zero-order chi connectivity index (χ0) is 14.0. The van der Waals surface area contributed by atoms with E-state index in [0.717, 1.165) is 17.8 Å². The lowest BCUT2D eigenvalue weighted by Crippen LogP contribution is -2.07. The predicted molar refractivity (Wildman–Crippen MR) is 65.6 cm³/mol. The van der Waals surface area contributed by atoms with Crippen LogP contribution in [0.5, 0.6) is 0 Å². The predicted octanol–water partition coefficient (Wildman–Crippen LogP) is 3.11. The van der Waals surface area contributed by atoms with Crippen molar-refractivity contribution in [3.63, 3.8) is 0 Å². The van der Waals surface area contributed by atoms with Gasteiger partial charge in [0, 0.05) is 6.07 Å². The lowest BCUT2D eigenvalue weighted by molar-refractivity contribution is 0.0691. The Morgan fingerprint density at radius 1 is 1.26 bits per heavy atom. The fourth-order valence-electron chi connectivity index (χ4n) is 1.57. The normalized spacial score (nSPS) is 10.3. The van der Waals surface area contributed by atoms with Gasteiger partial charge in [-0.25, -0.2) is 18.6 Å². The second-order valence-electron chi connectivity index (χ2n) is 3.96. The Hall–Kier alpha value is -2.50. The molecule has 0 spiro atoms. The average Bonchev–Trinajstić information content (AvgIpc) is 2.32. The van der Waals surface area contributed by atoms with E-state index in [-0.39, 0.29) is 17.1 Å². The van der Waals surface area contributed by atoms with Gasteiger partial charge < -0.3 is 10.4 Å². The minimum Gasteiger partial charge on any atom is -0.476 e. The lowest BCUT2D eigenvalue weighted by Gasteiger charge is -2.10. The molecule has 2 rings (SSSR count). The SMILES string of the molecule is Cc1ccc(Nc2cc(F)cnc2C(=O)O)c(F)c1. The van der Waals surface area contributed by atoms with Crippen molar-refractivity contribution in [2.75, 3.05) is 5.32 Å². The molecule has 1 aromatic carbocycles. The van der Waals surface area contributed by atoms with Crippen LogP contribution < -0.4 is 5.32 Å². The first kappa shape index (κ1) is 12.9. The van der Waals surface area contributed by atoms with Gasteiger partial charge in [-0.15, -0.1) is 0 Å². The molecular formula is C13H10F2N2O2. The first-order valence-corrected chi connectivity index (χ1v) is 5.39. The van der Waals surface area contributed by atoms with Crippen molar-refractivity contribution in [3.8, 4) is 0 Å². The van der Waals surface area contributed by atoms with Crippen molar-refractivity contribution in [2.45, 2.75) is 6.92 Å². The number of hydrogen-bond donors (Lipinski definition) is 2. The van der Waals surface area contributed by atoms with Crippen molar-refractivity contribution in [3.05, 3.63) is 53.4 Å². The summed E-state index contributed by atoms with van der Waals surface area (Å²) in [7, 11) is 0. The van der Waals surface area contributed by atoms with Gasteiger partial charge in [0.25, 0.3) is 0 Å². The van der Waals surface area contributed by atoms with Crippen LogP contribution in [-0.2, 0) is 0 Å². The third kappa shape index (κ3) is 2.85. The Morgan fingerprint density at radius 2 is 2.00 bits per heavy atom. The van der Waals surface area contributed by atoms with Crippen LogP contribution in [0.3, 0.4) is 0 Å². The second kappa shape index (κ2) is 5.01. The molecule has 0 fully saturated rings. The average molecular weight is 264 g/mol. The number of nitrogens with one attached hydrogen (secondary N) is 1. The maximum Gasteiger partial charge on any atom is 0.356 e. The zero-order valence-electron chi connectivity index (χ0n) is 9.95. The summed E-state index contributed by atoms with van der Waals surface area (Å²) >= 11 is 0. The van der Waals surface area contributed by atoms with E-state index in [1.54, 1.807) is 13.0 Å². The van der Waals surface area contributed by atoms with Crippen molar-refractivity contribution in [2.24, 2.45) is 0 Å². The minimum absolute atomic E-state index is 0.0560. The minimum atomic E-state index is -1.32. The Labute approximate surface area is 107 Å². The smallest absolute Gasteiger partial charge is 0.356 e. The van der Waals surface area contributed by atoms with E-state index >= 15 is 0 Å². The standard InChI is InChI=1S/C13H10F2N2O2/c1-7-2-3-10(9(15)4-7)17-11-5-8(14)6-16-12(11)13(18)19/h2-6,17H,1H3,(H,18,19). The number of benzene rings is 1. The maximum absolute atomic E-state index is 13.6. The summed E-state index contributed by atoms with van der Waals surface area (Å²) in [5.74, 6) is -2.59. The molecule has 0 aliphatic rings. The number of nitrogens with zero attached hydrogens (tertiary/aromatic N) is 1. The number of carboxylic acid groups (broad SMARTS) is 1. The van der Waals surface area contributed by atoms with Gasteiger partial charge in [-0.05, 0) is 24.6 Å². The van der Waals surface area contributed by atoms with Gasteiger partial charge in [-0.3, -0.25) is 0 Å². The zero-order valence-corrected chi connectivity index (χ0v) is 9.95. The van der Waals surface area contributed by atoms with Crippen LogP contribution in [-0.4, -0.2) is 16.1 Å². The number of aryl methyl sites for hydroxylation is 1. The number of pyridine rings is 1. The molecule has 4 nitrogen and oxygen atoms in total. The molecule has 1 aromatic heterocycles. The van der Waals surface area contributed by atoms with Crippen LogP contribution in [0.2, 0.25) is 0 Å². The van der Waals surface area contributed by atoms with E-state index in [9.17, 15) is 13.6 Å². The van der Waals surface area contributed by atoms with Crippen molar-refractivity contribution >= 4 is 17.3 Å². The number of aromatic carboxylic acids is 1. The van der Waals surface area contributed by atoms with Crippen molar-refractivity contribution in [1.82, 2.24) is 4.98 Å². The summed E-state index contributed by atoms with van der Waals surface area (Å²) in [4.78, 5) is 14.4. The van der Waals surface area contributed by atoms with Crippen LogP contribution >= 0.6 is 0 Å². The van der Waals surface area contributed by atoms with E-state index in [0.29, 0.717) is 0 Å². The van der Waals surface area contributed by atoms with Gasteiger partial charge in [-0.2, -0.15) is 0 Å². The number of aromatic nitrogens is 1. The molecule has 0 atom stereocenters. The highest BCUT2D eigenvalue weighted by Gasteiger charge is 2.14. The van der Waals surface area contributed by atoms with Gasteiger partial charge >= 0.3 is 5.97 Å². The highest BCUT2D eigenvalue weighted by Crippen LogP contribution is 2.23. The van der Waals surface area contributed by atoms with Crippen LogP contribution in [0.1, 0.15) is 16.1 Å². The van der Waals surface area contributed by atoms with Gasteiger partial charge in [-0.1, -0.05) is 6.07 Å². The summed E-state index contributed by atoms with van der Waals surface area (Å²) in [6.45, 7) is 1.72. The summed E-state index contributed by atoms with van der Waals surface area (Å²) in [5.41, 5.74) is 0.302. The van der Waals surface area contributed by atoms with Crippen LogP contribution in [0.25, 0.3) is 0 Å². The third-order valence-corrected chi connectivity index (χ3v) is 2.45. The van der Waals surface area contributed by atoms with Gasteiger partial charge in [0.15, 0.2) is 5.69 Å². The van der Waals surface area contributed by atoms with E-state index in [2.05, 4.69) is 10.3 Å². The maximum atomic E-state index is 13.6. The third-order valence-electron chi connectivity index (χ3n) is 2.45. The van der Waals surface area contributed by atoms with E-state index < -0.39 is 17.6 Å². The molecule has 0 unspecified atom stereocenters. The monoisotopic (exact) mass is 264 g/mol. The van der Waals surface area contributed by atoms with Gasteiger partial charge in [0.2, 0.25) is 0 Å². The number of anilines is 2. The molecule has 1 heterocycles. The summed E-state index contributed by atoms with van der Waals surface area (Å²) in [5, 5.41) is 11.5. The Kier molecular flexibility index (Phi) is 3.41. The van der Waals surface area contributed by atoms with Gasteiger partial charge in [0.05, 0.1) is 17.6 Å². The van der Waals surface area contributed by atoms with E-state index in [1.165, 1.54) is 12.1 Å². The van der Waals surface area contributed by atoms with E-state index in [4.69, 9.17) is 5.11 Å². The largest absolute Gasteiger partial charge is 0.476 e. The molecule has 98 valence electrons. The molecule has 2 aromatic rings. The molecular weight excluding hydrogens is 254 g/mol. The first-order valence-electron chi connectivity index (χ1n) is 5.39. The molecule has 0 saturated carbocycles. The number of halogens is 2. The highest BCUT2D eigenvalue weighted by molar-refractivity contribution is 5.92. The Morgan fingerprint density at radius 3 is 2.63 bits per heavy atom. The molecule has 19 heavy (non-hydrogen) atoms. The molecule has 0 aliphatic heterocycles. The second-order valence-corrected chi connectivity index (χ2v) is 3.96. The first-order chi connectivity index (χ1) is 8.97. The summed E-state index contributed by atoms with van der Waals surface area (Å²) in [6, 6.07) is 5.34. The number of carbonyl (C=O) groups is 1. The number of carboxylic acids is 1. The molecule has 0 aliphatic carbocycles. The fraction of sp³-hybridized carbons (Fsp3) is 0.0769.